The minimum Gasteiger partial charge on any atom is -0.389 e. The molecule has 0 spiro atoms. The SMILES string of the molecule is CC(C)(NC(=O)Oc1nn(-c2ccc(Cl)cc2Cl)c2c1CCCC/C2=C\c1ccc(F)cc1)c1ccccc1. The highest BCUT2D eigenvalue weighted by atomic mass is 35.5. The van der Waals surface area contributed by atoms with E-state index in [0.29, 0.717) is 22.2 Å². The highest BCUT2D eigenvalue weighted by Crippen LogP contribution is 2.39. The molecule has 0 aliphatic heterocycles. The van der Waals surface area contributed by atoms with E-state index < -0.39 is 11.6 Å². The fraction of sp³-hybridized carbons (Fsp3) is 0.226. The van der Waals surface area contributed by atoms with Gasteiger partial charge in [-0.3, -0.25) is 0 Å². The number of allylic oxidation sites excluding steroid dienone is 1. The van der Waals surface area contributed by atoms with Crippen LogP contribution in [0.3, 0.4) is 0 Å². The first kappa shape index (κ1) is 27.0. The standard InChI is InChI=1S/C31H28Cl2FN3O2/c1-31(2,22-9-4-3-5-10-22)35-30(38)39-29-25-11-7-6-8-21(18-20-12-15-24(34)16-13-20)28(25)37(36-29)27-17-14-23(32)19-26(27)33/h3-5,9-10,12-19H,6-8,11H2,1-2H3,(H,35,38)/b21-18+. The van der Waals surface area contributed by atoms with Crippen LogP contribution in [0, 0.1) is 5.82 Å². The van der Waals surface area contributed by atoms with Gasteiger partial charge in [-0.25, -0.2) is 13.9 Å². The lowest BCUT2D eigenvalue weighted by molar-refractivity contribution is 0.186. The molecule has 5 rings (SSSR count). The molecule has 1 N–H and O–H groups in total. The summed E-state index contributed by atoms with van der Waals surface area (Å²) < 4.78 is 21.2. The van der Waals surface area contributed by atoms with E-state index in [1.165, 1.54) is 12.1 Å². The normalized spacial score (nSPS) is 14.5. The lowest BCUT2D eigenvalue weighted by Crippen LogP contribution is -2.42. The van der Waals surface area contributed by atoms with Crippen molar-refractivity contribution in [1.82, 2.24) is 15.1 Å². The number of hydrogen-bond donors (Lipinski definition) is 1. The summed E-state index contributed by atoms with van der Waals surface area (Å²) in [4.78, 5) is 13.2. The van der Waals surface area contributed by atoms with Gasteiger partial charge < -0.3 is 10.1 Å². The maximum Gasteiger partial charge on any atom is 0.414 e. The third-order valence-electron chi connectivity index (χ3n) is 6.82. The van der Waals surface area contributed by atoms with Gasteiger partial charge in [0.25, 0.3) is 0 Å². The lowest BCUT2D eigenvalue weighted by atomic mass is 9.95. The van der Waals surface area contributed by atoms with Crippen molar-refractivity contribution in [1.29, 1.82) is 0 Å². The second-order valence-electron chi connectivity index (χ2n) is 10.1. The fourth-order valence-electron chi connectivity index (χ4n) is 4.83. The highest BCUT2D eigenvalue weighted by molar-refractivity contribution is 6.35. The van der Waals surface area contributed by atoms with Crippen LogP contribution in [-0.2, 0) is 12.0 Å². The van der Waals surface area contributed by atoms with Gasteiger partial charge in [0.1, 0.15) is 5.82 Å². The number of ether oxygens (including phenoxy) is 1. The molecule has 0 radical (unpaired) electrons. The average molecular weight is 564 g/mol. The Bertz CT molecular complexity index is 1530. The second-order valence-corrected chi connectivity index (χ2v) is 10.9. The Morgan fingerprint density at radius 1 is 1.03 bits per heavy atom. The Labute approximate surface area is 237 Å². The molecule has 0 fully saturated rings. The molecule has 1 aromatic heterocycles. The summed E-state index contributed by atoms with van der Waals surface area (Å²) in [5.41, 5.74) is 4.38. The number of rotatable bonds is 5. The van der Waals surface area contributed by atoms with Crippen LogP contribution in [0.4, 0.5) is 9.18 Å². The molecule has 1 aliphatic carbocycles. The van der Waals surface area contributed by atoms with Crippen LogP contribution in [0.25, 0.3) is 17.3 Å². The van der Waals surface area contributed by atoms with Gasteiger partial charge in [-0.1, -0.05) is 65.7 Å². The van der Waals surface area contributed by atoms with Crippen molar-refractivity contribution in [2.45, 2.75) is 45.1 Å². The van der Waals surface area contributed by atoms with Gasteiger partial charge in [-0.05, 0) is 92.6 Å². The van der Waals surface area contributed by atoms with Crippen molar-refractivity contribution < 1.29 is 13.9 Å². The summed E-state index contributed by atoms with van der Waals surface area (Å²) in [5, 5.41) is 8.63. The minimum atomic E-state index is -0.662. The Morgan fingerprint density at radius 2 is 1.74 bits per heavy atom. The number of nitrogens with zero attached hydrogens (tertiary/aromatic N) is 2. The number of halogens is 3. The molecule has 1 aliphatic rings. The number of aromatic nitrogens is 2. The summed E-state index contributed by atoms with van der Waals surface area (Å²) in [6, 6.07) is 21.2. The maximum atomic E-state index is 13.6. The van der Waals surface area contributed by atoms with Crippen molar-refractivity contribution in [2.75, 3.05) is 0 Å². The van der Waals surface area contributed by atoms with Crippen LogP contribution in [0.5, 0.6) is 5.88 Å². The summed E-state index contributed by atoms with van der Waals surface area (Å²) in [6.45, 7) is 3.83. The van der Waals surface area contributed by atoms with Crippen LogP contribution < -0.4 is 10.1 Å². The number of fused-ring (bicyclic) bond motifs is 1. The molecule has 0 atom stereocenters. The number of hydrogen-bond acceptors (Lipinski definition) is 3. The average Bonchev–Trinajstić information content (AvgIpc) is 3.10. The Kier molecular flexibility index (Phi) is 7.78. The zero-order chi connectivity index (χ0) is 27.6. The topological polar surface area (TPSA) is 56.1 Å². The predicted octanol–water partition coefficient (Wildman–Crippen LogP) is 8.61. The third kappa shape index (κ3) is 6.02. The Hall–Kier alpha value is -3.61. The lowest BCUT2D eigenvalue weighted by Gasteiger charge is -2.26. The van der Waals surface area contributed by atoms with Crippen molar-refractivity contribution in [3.63, 3.8) is 0 Å². The largest absolute Gasteiger partial charge is 0.414 e. The Morgan fingerprint density at radius 3 is 2.46 bits per heavy atom. The van der Waals surface area contributed by atoms with Crippen molar-refractivity contribution in [3.8, 4) is 11.6 Å². The molecule has 0 bridgehead atoms. The van der Waals surface area contributed by atoms with E-state index >= 15 is 0 Å². The van der Waals surface area contributed by atoms with Gasteiger partial charge in [0.15, 0.2) is 0 Å². The molecule has 3 aromatic carbocycles. The van der Waals surface area contributed by atoms with Crippen LogP contribution in [0.1, 0.15) is 55.5 Å². The molecule has 39 heavy (non-hydrogen) atoms. The molecule has 1 heterocycles. The van der Waals surface area contributed by atoms with E-state index in [9.17, 15) is 9.18 Å². The van der Waals surface area contributed by atoms with E-state index in [1.807, 2.05) is 50.3 Å². The van der Waals surface area contributed by atoms with Crippen LogP contribution in [-0.4, -0.2) is 15.9 Å². The van der Waals surface area contributed by atoms with Crippen LogP contribution in [0.15, 0.2) is 72.8 Å². The summed E-state index contributed by atoms with van der Waals surface area (Å²) in [6.07, 6.45) is 4.68. The molecule has 5 nitrogen and oxygen atoms in total. The smallest absolute Gasteiger partial charge is 0.389 e. The highest BCUT2D eigenvalue weighted by Gasteiger charge is 2.29. The Balaban J connectivity index is 1.58. The van der Waals surface area contributed by atoms with E-state index in [-0.39, 0.29) is 11.7 Å². The van der Waals surface area contributed by atoms with E-state index in [2.05, 4.69) is 5.32 Å². The van der Waals surface area contributed by atoms with Gasteiger partial charge in [-0.15, -0.1) is 5.10 Å². The number of carbonyl (C=O) groups is 1. The summed E-state index contributed by atoms with van der Waals surface area (Å²) >= 11 is 12.8. The first-order chi connectivity index (χ1) is 18.7. The molecule has 8 heteroatoms. The molecule has 0 unspecified atom stereocenters. The maximum absolute atomic E-state index is 13.6. The predicted molar refractivity (Wildman–Crippen MR) is 154 cm³/mol. The minimum absolute atomic E-state index is 0.226. The van der Waals surface area contributed by atoms with Gasteiger partial charge in [-0.2, -0.15) is 0 Å². The second kappa shape index (κ2) is 11.2. The van der Waals surface area contributed by atoms with Crippen molar-refractivity contribution in [3.05, 3.63) is 111 Å². The molecule has 0 saturated heterocycles. The number of nitrogens with one attached hydrogen (secondary N) is 1. The molecular formula is C31H28Cl2FN3O2. The summed E-state index contributed by atoms with van der Waals surface area (Å²) in [7, 11) is 0. The zero-order valence-electron chi connectivity index (χ0n) is 21.7. The number of carbonyl (C=O) groups excluding carboxylic acids is 1. The van der Waals surface area contributed by atoms with Gasteiger partial charge in [0.2, 0.25) is 5.88 Å². The van der Waals surface area contributed by atoms with E-state index in [0.717, 1.165) is 47.2 Å². The molecule has 0 saturated carbocycles. The first-order valence-electron chi connectivity index (χ1n) is 12.8. The molecule has 4 aromatic rings. The van der Waals surface area contributed by atoms with E-state index in [1.54, 1.807) is 35.0 Å². The molecular weight excluding hydrogens is 536 g/mol. The van der Waals surface area contributed by atoms with Crippen LogP contribution >= 0.6 is 23.2 Å². The van der Waals surface area contributed by atoms with Crippen molar-refractivity contribution in [2.24, 2.45) is 0 Å². The molecule has 200 valence electrons. The number of benzene rings is 3. The quantitative estimate of drug-likeness (QED) is 0.247. The zero-order valence-corrected chi connectivity index (χ0v) is 23.2. The third-order valence-corrected chi connectivity index (χ3v) is 7.36. The number of amides is 1. The van der Waals surface area contributed by atoms with E-state index in [4.69, 9.17) is 33.0 Å². The monoisotopic (exact) mass is 563 g/mol. The van der Waals surface area contributed by atoms with Crippen LogP contribution in [0.2, 0.25) is 10.0 Å². The van der Waals surface area contributed by atoms with Crippen molar-refractivity contribution >= 4 is 40.9 Å². The van der Waals surface area contributed by atoms with Gasteiger partial charge in [0, 0.05) is 10.6 Å². The molecule has 1 amide bonds. The van der Waals surface area contributed by atoms with Gasteiger partial charge in [0.05, 0.1) is 21.9 Å². The summed E-state index contributed by atoms with van der Waals surface area (Å²) in [5.74, 6) is -0.0684. The van der Waals surface area contributed by atoms with Gasteiger partial charge >= 0.3 is 6.09 Å². The first-order valence-corrected chi connectivity index (χ1v) is 13.6. The fourth-order valence-corrected chi connectivity index (χ4v) is 5.32.